The van der Waals surface area contributed by atoms with Crippen LogP contribution in [-0.2, 0) is 6.54 Å². The maximum atomic E-state index is 12.8. The molecule has 30 heavy (non-hydrogen) atoms. The third-order valence-corrected chi connectivity index (χ3v) is 5.44. The zero-order valence-electron chi connectivity index (χ0n) is 15.8. The normalized spacial score (nSPS) is 11.2. The summed E-state index contributed by atoms with van der Waals surface area (Å²) >= 11 is 1.42. The lowest BCUT2D eigenvalue weighted by Crippen LogP contribution is -2.22. The van der Waals surface area contributed by atoms with E-state index in [0.717, 1.165) is 31.6 Å². The Morgan fingerprint density at radius 2 is 2.07 bits per heavy atom. The van der Waals surface area contributed by atoms with Gasteiger partial charge in [-0.3, -0.25) is 9.97 Å². The van der Waals surface area contributed by atoms with Crippen LogP contribution in [-0.4, -0.2) is 31.3 Å². The van der Waals surface area contributed by atoms with Crippen molar-refractivity contribution in [2.45, 2.75) is 13.5 Å². The molecular formula is C19H17F2N7OS. The second kappa shape index (κ2) is 7.76. The molecule has 0 amide bonds. The molecule has 0 spiro atoms. The molecule has 0 aliphatic carbocycles. The number of nitrogens with two attached hydrogens (primary N) is 2. The number of anilines is 1. The first-order valence-corrected chi connectivity index (χ1v) is 9.71. The van der Waals surface area contributed by atoms with Crippen LogP contribution in [0.2, 0.25) is 0 Å². The summed E-state index contributed by atoms with van der Waals surface area (Å²) in [6.45, 7) is 1.08. The van der Waals surface area contributed by atoms with Crippen LogP contribution in [0.3, 0.4) is 0 Å². The average molecular weight is 429 g/mol. The number of thiazole rings is 1. The van der Waals surface area contributed by atoms with E-state index < -0.39 is 11.8 Å². The minimum Gasteiger partial charge on any atom is -0.375 e. The Morgan fingerprint density at radius 1 is 1.27 bits per heavy atom. The summed E-state index contributed by atoms with van der Waals surface area (Å²) in [5.41, 5.74) is 13.9. The predicted molar refractivity (Wildman–Crippen MR) is 112 cm³/mol. The molecule has 8 nitrogen and oxygen atoms in total. The summed E-state index contributed by atoms with van der Waals surface area (Å²) in [5.74, 6) is 0.197. The SMILES string of the molecule is Cc1cc(-c2ccc3sc(N)nc3c2)cnc1-c1nn(CC(CN)=C(F)F)c(=O)[nH]1. The molecule has 0 aliphatic heterocycles. The van der Waals surface area contributed by atoms with Crippen molar-refractivity contribution in [3.05, 3.63) is 58.2 Å². The van der Waals surface area contributed by atoms with Gasteiger partial charge in [0.15, 0.2) is 11.0 Å². The maximum Gasteiger partial charge on any atom is 0.343 e. The molecule has 0 saturated heterocycles. The van der Waals surface area contributed by atoms with E-state index in [9.17, 15) is 13.6 Å². The highest BCUT2D eigenvalue weighted by atomic mass is 32.1. The summed E-state index contributed by atoms with van der Waals surface area (Å²) in [5, 5.41) is 4.60. The number of halogens is 2. The van der Waals surface area contributed by atoms with Crippen LogP contribution in [0.25, 0.3) is 32.9 Å². The summed E-state index contributed by atoms with van der Waals surface area (Å²) in [7, 11) is 0. The van der Waals surface area contributed by atoms with E-state index in [1.807, 2.05) is 31.2 Å². The molecule has 0 bridgehead atoms. The zero-order valence-corrected chi connectivity index (χ0v) is 16.6. The highest BCUT2D eigenvalue weighted by Crippen LogP contribution is 2.30. The molecule has 0 aliphatic rings. The summed E-state index contributed by atoms with van der Waals surface area (Å²) < 4.78 is 27.6. The van der Waals surface area contributed by atoms with E-state index in [-0.39, 0.29) is 24.5 Å². The fraction of sp³-hybridized carbons (Fsp3) is 0.158. The van der Waals surface area contributed by atoms with Gasteiger partial charge in [-0.25, -0.2) is 14.5 Å². The molecule has 154 valence electrons. The van der Waals surface area contributed by atoms with E-state index in [2.05, 4.69) is 20.1 Å². The lowest BCUT2D eigenvalue weighted by Gasteiger charge is -2.06. The first-order chi connectivity index (χ1) is 14.4. The Bertz CT molecular complexity index is 1330. The third kappa shape index (κ3) is 3.72. The first kappa shape index (κ1) is 19.9. The minimum absolute atomic E-state index is 0.197. The van der Waals surface area contributed by atoms with Gasteiger partial charge in [-0.15, -0.1) is 5.10 Å². The van der Waals surface area contributed by atoms with Gasteiger partial charge in [0.1, 0.15) is 5.69 Å². The monoisotopic (exact) mass is 429 g/mol. The Labute approximate surface area is 172 Å². The number of hydrogen-bond acceptors (Lipinski definition) is 7. The van der Waals surface area contributed by atoms with Crippen molar-refractivity contribution < 1.29 is 8.78 Å². The van der Waals surface area contributed by atoms with Gasteiger partial charge in [0, 0.05) is 23.9 Å². The number of aryl methyl sites for hydroxylation is 1. The molecule has 0 fully saturated rings. The summed E-state index contributed by atoms with van der Waals surface area (Å²) in [6.07, 6.45) is -0.255. The number of nitrogen functional groups attached to an aromatic ring is 1. The van der Waals surface area contributed by atoms with Crippen LogP contribution in [0.5, 0.6) is 0 Å². The van der Waals surface area contributed by atoms with Crippen molar-refractivity contribution in [2.24, 2.45) is 5.73 Å². The van der Waals surface area contributed by atoms with Crippen LogP contribution in [0.15, 0.2) is 46.9 Å². The highest BCUT2D eigenvalue weighted by Gasteiger charge is 2.15. The Balaban J connectivity index is 1.67. The number of benzene rings is 1. The summed E-state index contributed by atoms with van der Waals surface area (Å²) in [4.78, 5) is 23.4. The molecule has 1 aromatic carbocycles. The van der Waals surface area contributed by atoms with E-state index in [4.69, 9.17) is 11.5 Å². The van der Waals surface area contributed by atoms with Crippen LogP contribution in [0.1, 0.15) is 5.56 Å². The number of nitrogens with zero attached hydrogens (tertiary/aromatic N) is 4. The number of hydrogen-bond donors (Lipinski definition) is 3. The number of rotatable bonds is 5. The van der Waals surface area contributed by atoms with E-state index >= 15 is 0 Å². The molecule has 0 unspecified atom stereocenters. The topological polar surface area (TPSA) is 128 Å². The van der Waals surface area contributed by atoms with Gasteiger partial charge in [-0.05, 0) is 36.2 Å². The lowest BCUT2D eigenvalue weighted by molar-refractivity contribution is 0.400. The number of H-pyrrole nitrogens is 1. The van der Waals surface area contributed by atoms with Crippen LogP contribution >= 0.6 is 11.3 Å². The molecule has 5 N–H and O–H groups in total. The molecule has 11 heteroatoms. The number of nitrogens with one attached hydrogen (secondary N) is 1. The van der Waals surface area contributed by atoms with Crippen LogP contribution < -0.4 is 17.2 Å². The van der Waals surface area contributed by atoms with Gasteiger partial charge < -0.3 is 11.5 Å². The van der Waals surface area contributed by atoms with Crippen molar-refractivity contribution in [2.75, 3.05) is 12.3 Å². The van der Waals surface area contributed by atoms with Gasteiger partial charge in [0.2, 0.25) is 0 Å². The quantitative estimate of drug-likeness (QED) is 0.447. The fourth-order valence-corrected chi connectivity index (χ4v) is 3.77. The fourth-order valence-electron chi connectivity index (χ4n) is 3.06. The van der Waals surface area contributed by atoms with Crippen molar-refractivity contribution in [3.8, 4) is 22.6 Å². The van der Waals surface area contributed by atoms with Gasteiger partial charge in [0.05, 0.1) is 16.8 Å². The average Bonchev–Trinajstić information content (AvgIpc) is 3.26. The summed E-state index contributed by atoms with van der Waals surface area (Å²) in [6, 6.07) is 7.75. The maximum absolute atomic E-state index is 12.8. The van der Waals surface area contributed by atoms with Crippen molar-refractivity contribution in [1.29, 1.82) is 0 Å². The molecule has 0 atom stereocenters. The second-order valence-electron chi connectivity index (χ2n) is 6.63. The van der Waals surface area contributed by atoms with Gasteiger partial charge >= 0.3 is 5.69 Å². The second-order valence-corrected chi connectivity index (χ2v) is 7.69. The van der Waals surface area contributed by atoms with E-state index in [1.54, 1.807) is 6.20 Å². The molecule has 0 radical (unpaired) electrons. The number of aromatic amines is 1. The predicted octanol–water partition coefficient (Wildman–Crippen LogP) is 2.91. The van der Waals surface area contributed by atoms with E-state index in [0.29, 0.717) is 10.8 Å². The Morgan fingerprint density at radius 3 is 2.77 bits per heavy atom. The van der Waals surface area contributed by atoms with Crippen molar-refractivity contribution in [3.63, 3.8) is 0 Å². The Hall–Kier alpha value is -3.44. The first-order valence-electron chi connectivity index (χ1n) is 8.89. The van der Waals surface area contributed by atoms with Crippen molar-refractivity contribution >= 4 is 26.7 Å². The standard InChI is InChI=1S/C19H17F2N7OS/c1-9-4-11(10-2-3-14-13(5-10)25-18(23)30-14)7-24-15(9)17-26-19(29)28(27-17)8-12(6-22)16(20)21/h2-5,7H,6,8,22H2,1H3,(H2,23,25)(H,26,27,29). The van der Waals surface area contributed by atoms with E-state index in [1.165, 1.54) is 11.3 Å². The number of aromatic nitrogens is 5. The third-order valence-electron chi connectivity index (χ3n) is 4.57. The van der Waals surface area contributed by atoms with Gasteiger partial charge in [0.25, 0.3) is 6.08 Å². The number of pyridine rings is 1. The minimum atomic E-state index is -1.91. The van der Waals surface area contributed by atoms with Crippen molar-refractivity contribution in [1.82, 2.24) is 24.7 Å². The van der Waals surface area contributed by atoms with Gasteiger partial charge in [-0.2, -0.15) is 8.78 Å². The molecule has 0 saturated carbocycles. The molecule has 3 aromatic heterocycles. The Kier molecular flexibility index (Phi) is 5.14. The largest absolute Gasteiger partial charge is 0.375 e. The van der Waals surface area contributed by atoms with Crippen LogP contribution in [0.4, 0.5) is 13.9 Å². The molecule has 3 heterocycles. The smallest absolute Gasteiger partial charge is 0.343 e. The molecule has 4 aromatic rings. The molecule has 4 rings (SSSR count). The molecular weight excluding hydrogens is 412 g/mol. The number of fused-ring (bicyclic) bond motifs is 1. The zero-order chi connectivity index (χ0) is 21.4. The van der Waals surface area contributed by atoms with Gasteiger partial charge in [-0.1, -0.05) is 17.4 Å². The van der Waals surface area contributed by atoms with Crippen LogP contribution in [0, 0.1) is 6.92 Å². The highest BCUT2D eigenvalue weighted by molar-refractivity contribution is 7.22. The lowest BCUT2D eigenvalue weighted by atomic mass is 10.0.